The average molecular weight is 273 g/mol. The van der Waals surface area contributed by atoms with E-state index in [-0.39, 0.29) is 5.54 Å². The fourth-order valence-electron chi connectivity index (χ4n) is 2.38. The molecule has 0 aliphatic rings. The summed E-state index contributed by atoms with van der Waals surface area (Å²) >= 11 is 0. The van der Waals surface area contributed by atoms with Gasteiger partial charge < -0.3 is 11.1 Å². The number of aromatic nitrogens is 3. The molecule has 1 heterocycles. The maximum Gasteiger partial charge on any atom is 0.244 e. The minimum Gasteiger partial charge on any atom is -0.368 e. The highest BCUT2D eigenvalue weighted by Gasteiger charge is 2.17. The lowest BCUT2D eigenvalue weighted by molar-refractivity contribution is 0.625. The smallest absolute Gasteiger partial charge is 0.244 e. The molecule has 0 amide bonds. The van der Waals surface area contributed by atoms with Gasteiger partial charge >= 0.3 is 0 Å². The Bertz CT molecular complexity index is 611. The number of hydrogen-bond acceptors (Lipinski definition) is 4. The van der Waals surface area contributed by atoms with Crippen LogP contribution < -0.4 is 11.1 Å². The summed E-state index contributed by atoms with van der Waals surface area (Å²) < 4.78 is 1.71. The van der Waals surface area contributed by atoms with Gasteiger partial charge in [0.1, 0.15) is 0 Å². The summed E-state index contributed by atoms with van der Waals surface area (Å²) in [5.41, 5.74) is 10.4. The van der Waals surface area contributed by atoms with Crippen molar-refractivity contribution >= 4 is 11.9 Å². The number of benzene rings is 1. The van der Waals surface area contributed by atoms with Gasteiger partial charge in [-0.05, 0) is 52.7 Å². The number of nitrogens with two attached hydrogens (primary N) is 1. The molecule has 1 aromatic carbocycles. The first-order valence-electron chi connectivity index (χ1n) is 6.76. The van der Waals surface area contributed by atoms with Crippen LogP contribution in [-0.4, -0.2) is 20.3 Å². The Hall–Kier alpha value is -2.04. The van der Waals surface area contributed by atoms with Crippen molar-refractivity contribution in [1.82, 2.24) is 14.8 Å². The number of nitrogens with zero attached hydrogens (tertiary/aromatic N) is 3. The molecular weight excluding hydrogens is 250 g/mol. The summed E-state index contributed by atoms with van der Waals surface area (Å²) in [6, 6.07) is 4.25. The molecular formula is C15H23N5. The first-order chi connectivity index (χ1) is 9.17. The van der Waals surface area contributed by atoms with Crippen LogP contribution in [0.1, 0.15) is 37.5 Å². The number of hydrogen-bond donors (Lipinski definition) is 2. The standard InChI is InChI=1S/C15H23N5/c1-9-7-10(2)12(11(3)8-9)20-13(16)17-14(19-20)18-15(4,5)6/h7-8H,1-6H3,(H3,16,17,18,19). The number of aryl methyl sites for hydroxylation is 3. The predicted octanol–water partition coefficient (Wildman–Crippen LogP) is 2.99. The first kappa shape index (κ1) is 14.4. The topological polar surface area (TPSA) is 68.8 Å². The second-order valence-electron chi connectivity index (χ2n) is 6.33. The van der Waals surface area contributed by atoms with Gasteiger partial charge in [0.25, 0.3) is 0 Å². The lowest BCUT2D eigenvalue weighted by Gasteiger charge is -2.18. The van der Waals surface area contributed by atoms with Gasteiger partial charge in [0, 0.05) is 5.54 Å². The summed E-state index contributed by atoms with van der Waals surface area (Å²) in [6.07, 6.45) is 0. The molecule has 0 unspecified atom stereocenters. The minimum absolute atomic E-state index is 0.101. The molecule has 0 spiro atoms. The Morgan fingerprint density at radius 2 is 1.65 bits per heavy atom. The van der Waals surface area contributed by atoms with Crippen molar-refractivity contribution in [2.75, 3.05) is 11.1 Å². The SMILES string of the molecule is Cc1cc(C)c(-n2nc(NC(C)(C)C)nc2N)c(C)c1. The van der Waals surface area contributed by atoms with E-state index in [1.54, 1.807) is 4.68 Å². The van der Waals surface area contributed by atoms with Crippen molar-refractivity contribution in [2.24, 2.45) is 0 Å². The van der Waals surface area contributed by atoms with Crippen LogP contribution in [0.25, 0.3) is 5.69 Å². The molecule has 0 saturated heterocycles. The second-order valence-corrected chi connectivity index (χ2v) is 6.33. The third kappa shape index (κ3) is 2.92. The van der Waals surface area contributed by atoms with E-state index >= 15 is 0 Å². The summed E-state index contributed by atoms with van der Waals surface area (Å²) in [4.78, 5) is 4.30. The summed E-state index contributed by atoms with van der Waals surface area (Å²) in [6.45, 7) is 12.4. The lowest BCUT2D eigenvalue weighted by atomic mass is 10.1. The van der Waals surface area contributed by atoms with Crippen molar-refractivity contribution in [1.29, 1.82) is 0 Å². The summed E-state index contributed by atoms with van der Waals surface area (Å²) in [5.74, 6) is 0.946. The Labute approximate surface area is 120 Å². The van der Waals surface area contributed by atoms with Crippen LogP contribution in [-0.2, 0) is 0 Å². The zero-order chi connectivity index (χ0) is 15.1. The molecule has 20 heavy (non-hydrogen) atoms. The van der Waals surface area contributed by atoms with Crippen LogP contribution in [0.15, 0.2) is 12.1 Å². The number of nitrogen functional groups attached to an aromatic ring is 1. The summed E-state index contributed by atoms with van der Waals surface area (Å²) in [5, 5.41) is 7.73. The highest BCUT2D eigenvalue weighted by Crippen LogP contribution is 2.23. The molecule has 5 heteroatoms. The molecule has 0 atom stereocenters. The zero-order valence-corrected chi connectivity index (χ0v) is 13.1. The summed E-state index contributed by atoms with van der Waals surface area (Å²) in [7, 11) is 0. The van der Waals surface area contributed by atoms with Gasteiger partial charge in [-0.15, -0.1) is 5.10 Å². The molecule has 0 bridgehead atoms. The van der Waals surface area contributed by atoms with Crippen LogP contribution >= 0.6 is 0 Å². The third-order valence-corrected chi connectivity index (χ3v) is 2.97. The van der Waals surface area contributed by atoms with Gasteiger partial charge in [-0.2, -0.15) is 9.67 Å². The zero-order valence-electron chi connectivity index (χ0n) is 13.1. The highest BCUT2D eigenvalue weighted by atomic mass is 15.4. The number of rotatable bonds is 2. The Kier molecular flexibility index (Phi) is 3.46. The van der Waals surface area contributed by atoms with E-state index in [0.29, 0.717) is 11.9 Å². The third-order valence-electron chi connectivity index (χ3n) is 2.97. The van der Waals surface area contributed by atoms with E-state index in [4.69, 9.17) is 5.73 Å². The van der Waals surface area contributed by atoms with Crippen LogP contribution in [0.2, 0.25) is 0 Å². The lowest BCUT2D eigenvalue weighted by Crippen LogP contribution is -2.26. The van der Waals surface area contributed by atoms with Gasteiger partial charge in [0.15, 0.2) is 0 Å². The van der Waals surface area contributed by atoms with Crippen LogP contribution in [0.3, 0.4) is 0 Å². The van der Waals surface area contributed by atoms with Crippen molar-refractivity contribution < 1.29 is 0 Å². The van der Waals surface area contributed by atoms with Gasteiger partial charge in [-0.3, -0.25) is 0 Å². The largest absolute Gasteiger partial charge is 0.368 e. The van der Waals surface area contributed by atoms with E-state index in [1.807, 2.05) is 0 Å². The van der Waals surface area contributed by atoms with Gasteiger partial charge in [-0.1, -0.05) is 17.7 Å². The first-order valence-corrected chi connectivity index (χ1v) is 6.76. The van der Waals surface area contributed by atoms with E-state index in [1.165, 1.54) is 5.56 Å². The number of anilines is 2. The molecule has 108 valence electrons. The molecule has 0 radical (unpaired) electrons. The van der Waals surface area contributed by atoms with Crippen LogP contribution in [0.4, 0.5) is 11.9 Å². The Morgan fingerprint density at radius 3 is 2.15 bits per heavy atom. The van der Waals surface area contributed by atoms with E-state index in [0.717, 1.165) is 16.8 Å². The minimum atomic E-state index is -0.101. The maximum absolute atomic E-state index is 6.02. The molecule has 3 N–H and O–H groups in total. The Balaban J connectivity index is 2.49. The molecule has 0 fully saturated rings. The molecule has 0 aliphatic carbocycles. The van der Waals surface area contributed by atoms with Crippen LogP contribution in [0.5, 0.6) is 0 Å². The normalized spacial score (nSPS) is 11.7. The van der Waals surface area contributed by atoms with Crippen molar-refractivity contribution in [3.63, 3.8) is 0 Å². The van der Waals surface area contributed by atoms with Gasteiger partial charge in [0.2, 0.25) is 11.9 Å². The highest BCUT2D eigenvalue weighted by molar-refractivity contribution is 5.52. The monoisotopic (exact) mass is 273 g/mol. The second kappa shape index (κ2) is 4.81. The fourth-order valence-corrected chi connectivity index (χ4v) is 2.38. The molecule has 1 aromatic heterocycles. The van der Waals surface area contributed by atoms with Crippen molar-refractivity contribution in [3.05, 3.63) is 28.8 Å². The molecule has 0 aliphatic heterocycles. The molecule has 5 nitrogen and oxygen atoms in total. The molecule has 2 aromatic rings. The van der Waals surface area contributed by atoms with E-state index in [9.17, 15) is 0 Å². The Morgan fingerprint density at radius 1 is 1.10 bits per heavy atom. The van der Waals surface area contributed by atoms with Gasteiger partial charge in [-0.25, -0.2) is 0 Å². The van der Waals surface area contributed by atoms with Crippen molar-refractivity contribution in [3.8, 4) is 5.69 Å². The quantitative estimate of drug-likeness (QED) is 0.882. The fraction of sp³-hybridized carbons (Fsp3) is 0.467. The van der Waals surface area contributed by atoms with E-state index < -0.39 is 0 Å². The maximum atomic E-state index is 6.02. The molecule has 0 saturated carbocycles. The average Bonchev–Trinajstić information content (AvgIpc) is 2.55. The number of nitrogens with one attached hydrogen (secondary N) is 1. The predicted molar refractivity (Wildman–Crippen MR) is 83.4 cm³/mol. The van der Waals surface area contributed by atoms with Gasteiger partial charge in [0.05, 0.1) is 5.69 Å². The van der Waals surface area contributed by atoms with Crippen molar-refractivity contribution in [2.45, 2.75) is 47.1 Å². The van der Waals surface area contributed by atoms with Crippen LogP contribution in [0, 0.1) is 20.8 Å². The van der Waals surface area contributed by atoms with E-state index in [2.05, 4.69) is 69.1 Å². The molecule has 2 rings (SSSR count).